The molecule has 0 amide bonds. The normalized spacial score (nSPS) is 30.0. The molecule has 2 aromatic carbocycles. The second-order valence-electron chi connectivity index (χ2n) is 9.45. The topological polar surface area (TPSA) is 30.7 Å². The van der Waals surface area contributed by atoms with Crippen LogP contribution >= 0.6 is 11.8 Å². The van der Waals surface area contributed by atoms with Crippen LogP contribution < -0.4 is 0 Å². The monoisotopic (exact) mass is 401 g/mol. The third-order valence-electron chi connectivity index (χ3n) is 7.37. The van der Waals surface area contributed by atoms with Crippen molar-refractivity contribution in [1.82, 2.24) is 14.8 Å². The van der Waals surface area contributed by atoms with Crippen molar-refractivity contribution in [1.29, 1.82) is 0 Å². The third kappa shape index (κ3) is 3.13. The van der Waals surface area contributed by atoms with Gasteiger partial charge in [0.25, 0.3) is 0 Å². The van der Waals surface area contributed by atoms with E-state index in [1.807, 2.05) is 11.8 Å². The summed E-state index contributed by atoms with van der Waals surface area (Å²) >= 11 is 1.81. The molecule has 7 rings (SSSR count). The highest BCUT2D eigenvalue weighted by Gasteiger charge is 2.54. The van der Waals surface area contributed by atoms with Crippen LogP contribution in [0.3, 0.4) is 0 Å². The van der Waals surface area contributed by atoms with Crippen LogP contribution in [-0.2, 0) is 11.2 Å². The maximum Gasteiger partial charge on any atom is 0.196 e. The second kappa shape index (κ2) is 7.02. The van der Waals surface area contributed by atoms with Gasteiger partial charge in [-0.05, 0) is 74.0 Å². The highest BCUT2D eigenvalue weighted by atomic mass is 32.2. The van der Waals surface area contributed by atoms with Crippen LogP contribution in [0.2, 0.25) is 0 Å². The lowest BCUT2D eigenvalue weighted by atomic mass is 9.49. The van der Waals surface area contributed by atoms with Gasteiger partial charge in [-0.25, -0.2) is 0 Å². The van der Waals surface area contributed by atoms with Crippen LogP contribution in [0.1, 0.15) is 49.9 Å². The number of hydrogen-bond donors (Lipinski definition) is 0. The van der Waals surface area contributed by atoms with Crippen LogP contribution in [-0.4, -0.2) is 14.8 Å². The van der Waals surface area contributed by atoms with E-state index in [2.05, 4.69) is 65.2 Å². The first kappa shape index (κ1) is 17.8. The molecule has 0 saturated heterocycles. The largest absolute Gasteiger partial charge is 0.274 e. The summed E-state index contributed by atoms with van der Waals surface area (Å²) in [5, 5.41) is 10.7. The summed E-state index contributed by atoms with van der Waals surface area (Å²) in [6, 6.07) is 21.4. The molecular weight excluding hydrogens is 374 g/mol. The fourth-order valence-corrected chi connectivity index (χ4v) is 7.53. The predicted molar refractivity (Wildman–Crippen MR) is 117 cm³/mol. The molecule has 4 aliphatic rings. The first-order valence-electron chi connectivity index (χ1n) is 11.0. The van der Waals surface area contributed by atoms with Gasteiger partial charge >= 0.3 is 0 Å². The molecule has 29 heavy (non-hydrogen) atoms. The van der Waals surface area contributed by atoms with E-state index in [1.165, 1.54) is 55.6 Å². The Balaban J connectivity index is 1.40. The van der Waals surface area contributed by atoms with Gasteiger partial charge in [0.2, 0.25) is 0 Å². The molecule has 0 atom stereocenters. The zero-order valence-corrected chi connectivity index (χ0v) is 17.5. The SMILES string of the molecule is c1ccc(CSc2nnc(C34CC5CC(CC(C5)C3)C4)n2-c2ccccc2)cc1. The number of thioether (sulfide) groups is 1. The molecule has 4 heteroatoms. The lowest BCUT2D eigenvalue weighted by Crippen LogP contribution is -2.49. The Bertz CT molecular complexity index is 960. The van der Waals surface area contributed by atoms with Crippen molar-refractivity contribution in [3.63, 3.8) is 0 Å². The molecule has 3 nitrogen and oxygen atoms in total. The first-order valence-corrected chi connectivity index (χ1v) is 12.0. The van der Waals surface area contributed by atoms with Crippen molar-refractivity contribution < 1.29 is 0 Å². The van der Waals surface area contributed by atoms with Gasteiger partial charge in [0.15, 0.2) is 5.16 Å². The van der Waals surface area contributed by atoms with E-state index in [0.717, 1.165) is 28.7 Å². The van der Waals surface area contributed by atoms with Crippen LogP contribution in [0.25, 0.3) is 5.69 Å². The number of benzene rings is 2. The Morgan fingerprint density at radius 2 is 1.38 bits per heavy atom. The minimum Gasteiger partial charge on any atom is -0.274 e. The summed E-state index contributed by atoms with van der Waals surface area (Å²) in [5.74, 6) is 4.87. The van der Waals surface area contributed by atoms with E-state index < -0.39 is 0 Å². The number of rotatable bonds is 5. The highest BCUT2D eigenvalue weighted by molar-refractivity contribution is 7.98. The van der Waals surface area contributed by atoms with Crippen molar-refractivity contribution in [3.05, 3.63) is 72.1 Å². The molecule has 148 valence electrons. The fraction of sp³-hybridized carbons (Fsp3) is 0.440. The summed E-state index contributed by atoms with van der Waals surface area (Å²) in [7, 11) is 0. The number of hydrogen-bond acceptors (Lipinski definition) is 3. The van der Waals surface area contributed by atoms with Crippen molar-refractivity contribution in [2.75, 3.05) is 0 Å². The summed E-state index contributed by atoms with van der Waals surface area (Å²) in [6.45, 7) is 0. The molecule has 0 spiro atoms. The highest BCUT2D eigenvalue weighted by Crippen LogP contribution is 2.60. The molecule has 1 heterocycles. The molecule has 0 N–H and O–H groups in total. The van der Waals surface area contributed by atoms with Crippen molar-refractivity contribution in [2.24, 2.45) is 17.8 Å². The zero-order chi connectivity index (χ0) is 19.3. The molecule has 0 unspecified atom stereocenters. The van der Waals surface area contributed by atoms with Gasteiger partial charge in [-0.1, -0.05) is 60.3 Å². The minimum atomic E-state index is 0.239. The maximum absolute atomic E-state index is 4.89. The molecule has 4 saturated carbocycles. The van der Waals surface area contributed by atoms with Crippen LogP contribution in [0.4, 0.5) is 0 Å². The number of nitrogens with zero attached hydrogens (tertiary/aromatic N) is 3. The average molecular weight is 402 g/mol. The average Bonchev–Trinajstić information content (AvgIpc) is 3.18. The van der Waals surface area contributed by atoms with Gasteiger partial charge in [-0.2, -0.15) is 0 Å². The second-order valence-corrected chi connectivity index (χ2v) is 10.4. The molecule has 0 radical (unpaired) electrons. The number of aromatic nitrogens is 3. The summed E-state index contributed by atoms with van der Waals surface area (Å²) < 4.78 is 2.39. The molecule has 4 bridgehead atoms. The zero-order valence-electron chi connectivity index (χ0n) is 16.7. The van der Waals surface area contributed by atoms with Crippen molar-refractivity contribution in [2.45, 2.75) is 54.8 Å². The van der Waals surface area contributed by atoms with Crippen molar-refractivity contribution in [3.8, 4) is 5.69 Å². The van der Waals surface area contributed by atoms with E-state index >= 15 is 0 Å². The van der Waals surface area contributed by atoms with Gasteiger partial charge in [0.05, 0.1) is 0 Å². The fourth-order valence-electron chi connectivity index (χ4n) is 6.62. The Kier molecular flexibility index (Phi) is 4.30. The summed E-state index contributed by atoms with van der Waals surface area (Å²) in [4.78, 5) is 0. The lowest BCUT2D eigenvalue weighted by Gasteiger charge is -2.56. The summed E-state index contributed by atoms with van der Waals surface area (Å²) in [5.41, 5.74) is 2.78. The van der Waals surface area contributed by atoms with Crippen molar-refractivity contribution >= 4 is 11.8 Å². The number of para-hydroxylation sites is 1. The molecule has 3 aromatic rings. The molecule has 0 aliphatic heterocycles. The summed E-state index contributed by atoms with van der Waals surface area (Å²) in [6.07, 6.45) is 8.30. The first-order chi connectivity index (χ1) is 14.3. The van der Waals surface area contributed by atoms with Crippen LogP contribution in [0.15, 0.2) is 65.8 Å². The molecule has 1 aromatic heterocycles. The van der Waals surface area contributed by atoms with E-state index in [1.54, 1.807) is 0 Å². The molecular formula is C25H27N3S. The van der Waals surface area contributed by atoms with E-state index in [-0.39, 0.29) is 5.41 Å². The lowest BCUT2D eigenvalue weighted by molar-refractivity contribution is -0.0103. The van der Waals surface area contributed by atoms with Gasteiger partial charge < -0.3 is 0 Å². The smallest absolute Gasteiger partial charge is 0.196 e. The third-order valence-corrected chi connectivity index (χ3v) is 8.37. The van der Waals surface area contributed by atoms with Gasteiger partial charge in [0, 0.05) is 16.9 Å². The standard InChI is InChI=1S/C25H27N3S/c1-3-7-18(8-4-1)17-29-24-27-26-23(28(24)22-9-5-2-6-10-22)25-14-19-11-20(15-25)13-21(12-19)16-25/h1-10,19-21H,11-17H2. The quantitative estimate of drug-likeness (QED) is 0.489. The predicted octanol–water partition coefficient (Wildman–Crippen LogP) is 6.03. The van der Waals surface area contributed by atoms with Crippen LogP contribution in [0.5, 0.6) is 0 Å². The van der Waals surface area contributed by atoms with Gasteiger partial charge in [-0.15, -0.1) is 10.2 Å². The van der Waals surface area contributed by atoms with Crippen LogP contribution in [0, 0.1) is 17.8 Å². The van der Waals surface area contributed by atoms with E-state index in [0.29, 0.717) is 0 Å². The van der Waals surface area contributed by atoms with E-state index in [9.17, 15) is 0 Å². The van der Waals surface area contributed by atoms with E-state index in [4.69, 9.17) is 10.2 Å². The minimum absolute atomic E-state index is 0.239. The Hall–Kier alpha value is -2.07. The Morgan fingerprint density at radius 3 is 2.00 bits per heavy atom. The Labute approximate surface area is 176 Å². The van der Waals surface area contributed by atoms with Gasteiger partial charge in [0.1, 0.15) is 5.82 Å². The van der Waals surface area contributed by atoms with Gasteiger partial charge in [-0.3, -0.25) is 4.57 Å². The molecule has 4 fully saturated rings. The Morgan fingerprint density at radius 1 is 0.793 bits per heavy atom. The molecule has 4 aliphatic carbocycles. The maximum atomic E-state index is 4.89.